The fraction of sp³-hybridized carbons (Fsp3) is 0.300. The molecule has 0 spiro atoms. The normalized spacial score (nSPS) is 15.5. The van der Waals surface area contributed by atoms with Crippen LogP contribution in [0.15, 0.2) is 59.7 Å². The predicted octanol–water partition coefficient (Wildman–Crippen LogP) is 2.27. The van der Waals surface area contributed by atoms with Gasteiger partial charge in [-0.3, -0.25) is 9.69 Å². The second kappa shape index (κ2) is 8.44. The Balaban J connectivity index is 1.42. The van der Waals surface area contributed by atoms with Crippen LogP contribution in [0.25, 0.3) is 0 Å². The largest absolute Gasteiger partial charge is 0.369 e. The number of aryl methyl sites for hydroxylation is 1. The molecule has 2 aromatic carbocycles. The number of nitrogens with zero attached hydrogens (tertiary/aromatic N) is 3. The van der Waals surface area contributed by atoms with Gasteiger partial charge in [-0.15, -0.1) is 0 Å². The van der Waals surface area contributed by atoms with Crippen molar-refractivity contribution < 1.29 is 4.79 Å². The quantitative estimate of drug-likeness (QED) is 0.673. The maximum atomic E-state index is 12.0. The van der Waals surface area contributed by atoms with E-state index in [9.17, 15) is 4.79 Å². The Kier molecular flexibility index (Phi) is 5.80. The summed E-state index contributed by atoms with van der Waals surface area (Å²) in [6.07, 6.45) is 1.68. The molecule has 25 heavy (non-hydrogen) atoms. The summed E-state index contributed by atoms with van der Waals surface area (Å²) in [5.41, 5.74) is 6.02. The average molecular weight is 336 g/mol. The van der Waals surface area contributed by atoms with Crippen LogP contribution < -0.4 is 10.3 Å². The first-order chi connectivity index (χ1) is 12.2. The van der Waals surface area contributed by atoms with Gasteiger partial charge in [0, 0.05) is 31.9 Å². The summed E-state index contributed by atoms with van der Waals surface area (Å²) in [4.78, 5) is 16.6. The SMILES string of the molecule is Cc1cccc(/C=N/NC(=O)CN2CCN(c3ccccc3)CC2)c1. The van der Waals surface area contributed by atoms with Gasteiger partial charge in [0.05, 0.1) is 12.8 Å². The van der Waals surface area contributed by atoms with Crippen LogP contribution >= 0.6 is 0 Å². The molecule has 0 aliphatic carbocycles. The van der Waals surface area contributed by atoms with E-state index in [1.165, 1.54) is 11.3 Å². The summed E-state index contributed by atoms with van der Waals surface area (Å²) >= 11 is 0. The molecule has 1 aliphatic heterocycles. The molecule has 1 N–H and O–H groups in total. The summed E-state index contributed by atoms with van der Waals surface area (Å²) in [7, 11) is 0. The van der Waals surface area contributed by atoms with E-state index in [4.69, 9.17) is 0 Å². The Morgan fingerprint density at radius 1 is 1.08 bits per heavy atom. The zero-order valence-corrected chi connectivity index (χ0v) is 14.6. The number of benzene rings is 2. The van der Waals surface area contributed by atoms with E-state index in [1.807, 2.05) is 37.3 Å². The maximum absolute atomic E-state index is 12.0. The first-order valence-electron chi connectivity index (χ1n) is 8.61. The van der Waals surface area contributed by atoms with Gasteiger partial charge in [0.25, 0.3) is 5.91 Å². The second-order valence-electron chi connectivity index (χ2n) is 6.31. The van der Waals surface area contributed by atoms with Gasteiger partial charge in [0.2, 0.25) is 0 Å². The number of anilines is 1. The highest BCUT2D eigenvalue weighted by molar-refractivity contribution is 5.83. The van der Waals surface area contributed by atoms with E-state index in [2.05, 4.69) is 44.6 Å². The van der Waals surface area contributed by atoms with Gasteiger partial charge >= 0.3 is 0 Å². The minimum Gasteiger partial charge on any atom is -0.369 e. The average Bonchev–Trinajstić information content (AvgIpc) is 2.63. The van der Waals surface area contributed by atoms with Gasteiger partial charge in [-0.05, 0) is 24.6 Å². The van der Waals surface area contributed by atoms with Crippen molar-refractivity contribution in [3.8, 4) is 0 Å². The van der Waals surface area contributed by atoms with Crippen LogP contribution in [-0.4, -0.2) is 49.7 Å². The molecular formula is C20H24N4O. The minimum absolute atomic E-state index is 0.0722. The summed E-state index contributed by atoms with van der Waals surface area (Å²) in [6, 6.07) is 18.4. The number of hydrazone groups is 1. The predicted molar refractivity (Wildman–Crippen MR) is 102 cm³/mol. The number of amides is 1. The molecule has 1 fully saturated rings. The number of para-hydroxylation sites is 1. The molecule has 0 saturated carbocycles. The lowest BCUT2D eigenvalue weighted by Crippen LogP contribution is -2.49. The zero-order valence-electron chi connectivity index (χ0n) is 14.6. The van der Waals surface area contributed by atoms with Gasteiger partial charge in [-0.25, -0.2) is 5.43 Å². The third kappa shape index (κ3) is 5.16. The molecule has 5 heteroatoms. The van der Waals surface area contributed by atoms with E-state index in [0.29, 0.717) is 6.54 Å². The van der Waals surface area contributed by atoms with E-state index < -0.39 is 0 Å². The molecule has 130 valence electrons. The summed E-state index contributed by atoms with van der Waals surface area (Å²) < 4.78 is 0. The monoisotopic (exact) mass is 336 g/mol. The van der Waals surface area contributed by atoms with Crippen LogP contribution in [-0.2, 0) is 4.79 Å². The molecule has 3 rings (SSSR count). The lowest BCUT2D eigenvalue weighted by molar-refractivity contribution is -0.122. The van der Waals surface area contributed by atoms with Crippen molar-refractivity contribution in [2.24, 2.45) is 5.10 Å². The molecule has 0 atom stereocenters. The third-order valence-electron chi connectivity index (χ3n) is 4.31. The summed E-state index contributed by atoms with van der Waals surface area (Å²) in [5, 5.41) is 4.05. The fourth-order valence-electron chi connectivity index (χ4n) is 2.97. The number of piperazine rings is 1. The minimum atomic E-state index is -0.0722. The number of carbonyl (C=O) groups excluding carboxylic acids is 1. The van der Waals surface area contributed by atoms with Gasteiger partial charge in [0.1, 0.15) is 0 Å². The standard InChI is InChI=1S/C20H24N4O/c1-17-6-5-7-18(14-17)15-21-22-20(25)16-23-10-12-24(13-11-23)19-8-3-2-4-9-19/h2-9,14-15H,10-13,16H2,1H3,(H,22,25)/b21-15+. The Morgan fingerprint density at radius 2 is 1.84 bits per heavy atom. The van der Waals surface area contributed by atoms with Gasteiger partial charge < -0.3 is 4.90 Å². The number of rotatable bonds is 5. The molecule has 1 saturated heterocycles. The van der Waals surface area contributed by atoms with E-state index >= 15 is 0 Å². The summed E-state index contributed by atoms with van der Waals surface area (Å²) in [5.74, 6) is -0.0722. The molecule has 2 aromatic rings. The molecule has 1 amide bonds. The van der Waals surface area contributed by atoms with Gasteiger partial charge in [-0.2, -0.15) is 5.10 Å². The lowest BCUT2D eigenvalue weighted by atomic mass is 10.2. The Morgan fingerprint density at radius 3 is 2.56 bits per heavy atom. The molecule has 5 nitrogen and oxygen atoms in total. The van der Waals surface area contributed by atoms with Crippen molar-refractivity contribution in [2.75, 3.05) is 37.6 Å². The fourth-order valence-corrected chi connectivity index (χ4v) is 2.97. The van der Waals surface area contributed by atoms with Crippen LogP contribution in [0.1, 0.15) is 11.1 Å². The Bertz CT molecular complexity index is 721. The second-order valence-corrected chi connectivity index (χ2v) is 6.31. The van der Waals surface area contributed by atoms with E-state index in [-0.39, 0.29) is 5.91 Å². The van der Waals surface area contributed by atoms with Crippen LogP contribution in [0.3, 0.4) is 0 Å². The number of carbonyl (C=O) groups is 1. The molecule has 0 unspecified atom stereocenters. The molecule has 0 radical (unpaired) electrons. The van der Waals surface area contributed by atoms with Crippen LogP contribution in [0.4, 0.5) is 5.69 Å². The van der Waals surface area contributed by atoms with Crippen LogP contribution in [0.5, 0.6) is 0 Å². The number of hydrogen-bond acceptors (Lipinski definition) is 4. The van der Waals surface area contributed by atoms with Crippen molar-refractivity contribution in [3.05, 3.63) is 65.7 Å². The van der Waals surface area contributed by atoms with Crippen LogP contribution in [0.2, 0.25) is 0 Å². The van der Waals surface area contributed by atoms with E-state index in [0.717, 1.165) is 31.7 Å². The Hall–Kier alpha value is -2.66. The first-order valence-corrected chi connectivity index (χ1v) is 8.61. The van der Waals surface area contributed by atoms with Crippen LogP contribution in [0, 0.1) is 6.92 Å². The molecule has 0 aromatic heterocycles. The summed E-state index contributed by atoms with van der Waals surface area (Å²) in [6.45, 7) is 6.04. The first kappa shape index (κ1) is 17.2. The van der Waals surface area contributed by atoms with Crippen molar-refractivity contribution >= 4 is 17.8 Å². The highest BCUT2D eigenvalue weighted by Crippen LogP contribution is 2.15. The van der Waals surface area contributed by atoms with Crippen molar-refractivity contribution in [1.82, 2.24) is 10.3 Å². The molecule has 1 heterocycles. The molecule has 0 bridgehead atoms. The third-order valence-corrected chi connectivity index (χ3v) is 4.31. The zero-order chi connectivity index (χ0) is 17.5. The highest BCUT2D eigenvalue weighted by Gasteiger charge is 2.18. The number of nitrogens with one attached hydrogen (secondary N) is 1. The van der Waals surface area contributed by atoms with Crippen molar-refractivity contribution in [3.63, 3.8) is 0 Å². The van der Waals surface area contributed by atoms with Gasteiger partial charge in [0.15, 0.2) is 0 Å². The Labute approximate surface area is 148 Å². The lowest BCUT2D eigenvalue weighted by Gasteiger charge is -2.35. The topological polar surface area (TPSA) is 47.9 Å². The molecule has 1 aliphatic rings. The highest BCUT2D eigenvalue weighted by atomic mass is 16.2. The van der Waals surface area contributed by atoms with E-state index in [1.54, 1.807) is 6.21 Å². The molecular weight excluding hydrogens is 312 g/mol. The van der Waals surface area contributed by atoms with Crippen molar-refractivity contribution in [2.45, 2.75) is 6.92 Å². The maximum Gasteiger partial charge on any atom is 0.254 e. The number of hydrogen-bond donors (Lipinski definition) is 1. The van der Waals surface area contributed by atoms with Crippen molar-refractivity contribution in [1.29, 1.82) is 0 Å². The smallest absolute Gasteiger partial charge is 0.254 e. The van der Waals surface area contributed by atoms with Gasteiger partial charge in [-0.1, -0.05) is 48.0 Å².